The van der Waals surface area contributed by atoms with Crippen LogP contribution >= 0.6 is 0 Å². The number of benzene rings is 1. The van der Waals surface area contributed by atoms with Crippen LogP contribution in [0.3, 0.4) is 0 Å². The lowest BCUT2D eigenvalue weighted by atomic mass is 9.97. The minimum atomic E-state index is 1.03. The van der Waals surface area contributed by atoms with Crippen LogP contribution in [0.25, 0.3) is 0 Å². The molecule has 1 aliphatic carbocycles. The number of nitrogens with one attached hydrogen (secondary N) is 2. The number of hydrogen-bond donors (Lipinski definition) is 2. The Morgan fingerprint density at radius 2 is 1.80 bits per heavy atom. The number of hydrogen-bond acceptors (Lipinski definition) is 2. The fourth-order valence-corrected chi connectivity index (χ4v) is 2.16. The molecule has 0 aromatic heterocycles. The van der Waals surface area contributed by atoms with E-state index in [2.05, 4.69) is 47.3 Å². The van der Waals surface area contributed by atoms with Gasteiger partial charge in [0.15, 0.2) is 0 Å². The molecule has 0 amide bonds. The summed E-state index contributed by atoms with van der Waals surface area (Å²) in [6.45, 7) is 0. The molecule has 3 rings (SSSR count). The second-order valence-corrected chi connectivity index (χ2v) is 4.01. The lowest BCUT2D eigenvalue weighted by Crippen LogP contribution is -2.21. The zero-order valence-electron chi connectivity index (χ0n) is 8.59. The van der Waals surface area contributed by atoms with Crippen LogP contribution in [0.2, 0.25) is 0 Å². The van der Waals surface area contributed by atoms with Crippen molar-refractivity contribution in [3.05, 3.63) is 53.3 Å². The molecule has 2 nitrogen and oxygen atoms in total. The van der Waals surface area contributed by atoms with Crippen molar-refractivity contribution in [2.45, 2.75) is 19.3 Å². The summed E-state index contributed by atoms with van der Waals surface area (Å²) >= 11 is 0. The van der Waals surface area contributed by atoms with Gasteiger partial charge in [-0.25, -0.2) is 0 Å². The molecule has 2 heteroatoms. The molecule has 0 spiro atoms. The maximum absolute atomic E-state index is 3.28. The molecule has 1 aromatic carbocycles. The average Bonchev–Trinajstić information content (AvgIpc) is 2.48. The summed E-state index contributed by atoms with van der Waals surface area (Å²) in [6, 6.07) is 8.45. The zero-order valence-corrected chi connectivity index (χ0v) is 8.59. The van der Waals surface area contributed by atoms with Gasteiger partial charge >= 0.3 is 0 Å². The van der Waals surface area contributed by atoms with Crippen LogP contribution < -0.4 is 10.9 Å². The molecule has 2 N–H and O–H groups in total. The van der Waals surface area contributed by atoms with E-state index >= 15 is 0 Å². The summed E-state index contributed by atoms with van der Waals surface area (Å²) in [4.78, 5) is 0. The van der Waals surface area contributed by atoms with Crippen molar-refractivity contribution < 1.29 is 0 Å². The van der Waals surface area contributed by atoms with Gasteiger partial charge in [-0.2, -0.15) is 0 Å². The predicted octanol–water partition coefficient (Wildman–Crippen LogP) is 2.76. The van der Waals surface area contributed by atoms with Crippen molar-refractivity contribution in [2.24, 2.45) is 0 Å². The van der Waals surface area contributed by atoms with Crippen LogP contribution in [0, 0.1) is 0 Å². The first-order chi connectivity index (χ1) is 7.43. The Balaban J connectivity index is 2.02. The third-order valence-electron chi connectivity index (χ3n) is 2.98. The fourth-order valence-electron chi connectivity index (χ4n) is 2.16. The Labute approximate surface area is 89.7 Å². The van der Waals surface area contributed by atoms with Crippen molar-refractivity contribution in [3.63, 3.8) is 0 Å². The number of allylic oxidation sites excluding steroid dienone is 3. The minimum Gasteiger partial charge on any atom is -0.301 e. The smallest absolute Gasteiger partial charge is 0.0575 e. The topological polar surface area (TPSA) is 24.1 Å². The Kier molecular flexibility index (Phi) is 1.98. The predicted molar refractivity (Wildman–Crippen MR) is 62.3 cm³/mol. The molecule has 1 heterocycles. The van der Waals surface area contributed by atoms with Gasteiger partial charge in [0, 0.05) is 6.42 Å². The molecule has 0 unspecified atom stereocenters. The molecule has 0 saturated heterocycles. The van der Waals surface area contributed by atoms with Gasteiger partial charge in [-0.15, -0.1) is 0 Å². The van der Waals surface area contributed by atoms with E-state index in [4.69, 9.17) is 0 Å². The third-order valence-corrected chi connectivity index (χ3v) is 2.98. The van der Waals surface area contributed by atoms with Gasteiger partial charge in [0.25, 0.3) is 0 Å². The quantitative estimate of drug-likeness (QED) is 0.669. The van der Waals surface area contributed by atoms with Crippen LogP contribution in [-0.4, -0.2) is 0 Å². The molecular weight excluding hydrogens is 184 g/mol. The van der Waals surface area contributed by atoms with Gasteiger partial charge in [0.1, 0.15) is 0 Å². The van der Waals surface area contributed by atoms with Crippen molar-refractivity contribution in [1.82, 2.24) is 5.43 Å². The van der Waals surface area contributed by atoms with Crippen molar-refractivity contribution in [2.75, 3.05) is 5.43 Å². The Morgan fingerprint density at radius 3 is 2.80 bits per heavy atom. The van der Waals surface area contributed by atoms with E-state index in [0.29, 0.717) is 0 Å². The minimum absolute atomic E-state index is 1.03. The van der Waals surface area contributed by atoms with E-state index in [1.165, 1.54) is 28.9 Å². The van der Waals surface area contributed by atoms with Gasteiger partial charge < -0.3 is 10.9 Å². The number of hydrazine groups is 1. The Morgan fingerprint density at radius 1 is 0.933 bits per heavy atom. The highest BCUT2D eigenvalue weighted by atomic mass is 15.4. The maximum Gasteiger partial charge on any atom is 0.0575 e. The molecule has 0 fully saturated rings. The van der Waals surface area contributed by atoms with Crippen LogP contribution in [0.1, 0.15) is 18.4 Å². The molecule has 2 aliphatic rings. The fraction of sp³-hybridized carbons (Fsp3) is 0.231. The van der Waals surface area contributed by atoms with E-state index < -0.39 is 0 Å². The van der Waals surface area contributed by atoms with Gasteiger partial charge in [0.05, 0.1) is 11.4 Å². The van der Waals surface area contributed by atoms with Gasteiger partial charge in [0.2, 0.25) is 0 Å². The summed E-state index contributed by atoms with van der Waals surface area (Å²) < 4.78 is 0. The van der Waals surface area contributed by atoms with Gasteiger partial charge in [-0.1, -0.05) is 30.4 Å². The maximum atomic E-state index is 3.28. The molecule has 0 radical (unpaired) electrons. The van der Waals surface area contributed by atoms with Gasteiger partial charge in [-0.05, 0) is 30.0 Å². The summed E-state index contributed by atoms with van der Waals surface area (Å²) in [7, 11) is 0. The summed E-state index contributed by atoms with van der Waals surface area (Å²) in [5.41, 5.74) is 11.8. The van der Waals surface area contributed by atoms with E-state index in [-0.39, 0.29) is 0 Å². The SMILES string of the molecule is C1=C2Cc3ccccc3NNC2=CCC1. The number of fused-ring (bicyclic) bond motifs is 2. The monoisotopic (exact) mass is 198 g/mol. The summed E-state index contributed by atoms with van der Waals surface area (Å²) in [5.74, 6) is 0. The highest BCUT2D eigenvalue weighted by Gasteiger charge is 2.15. The number of rotatable bonds is 0. The number of anilines is 1. The largest absolute Gasteiger partial charge is 0.301 e. The lowest BCUT2D eigenvalue weighted by molar-refractivity contribution is 0.895. The first-order valence-electron chi connectivity index (χ1n) is 5.43. The van der Waals surface area contributed by atoms with E-state index in [9.17, 15) is 0 Å². The molecule has 0 saturated carbocycles. The Hall–Kier alpha value is -1.70. The molecule has 1 aliphatic heterocycles. The summed E-state index contributed by atoms with van der Waals surface area (Å²) in [5, 5.41) is 0. The van der Waals surface area contributed by atoms with E-state index in [1.54, 1.807) is 0 Å². The van der Waals surface area contributed by atoms with Crippen LogP contribution in [0.15, 0.2) is 47.7 Å². The normalized spacial score (nSPS) is 18.4. The van der Waals surface area contributed by atoms with Crippen molar-refractivity contribution >= 4 is 5.69 Å². The van der Waals surface area contributed by atoms with Crippen molar-refractivity contribution in [3.8, 4) is 0 Å². The highest BCUT2D eigenvalue weighted by molar-refractivity contribution is 5.56. The standard InChI is InChI=1S/C13H14N2/c1-3-7-12-10(5-1)9-11-6-2-4-8-13(11)15-14-12/h1,3,5-8,14-15H,2,4,9H2. The Bertz CT molecular complexity index is 444. The van der Waals surface area contributed by atoms with Gasteiger partial charge in [-0.3, -0.25) is 0 Å². The molecule has 1 aromatic rings. The van der Waals surface area contributed by atoms with Crippen LogP contribution in [0.5, 0.6) is 0 Å². The van der Waals surface area contributed by atoms with Crippen LogP contribution in [0.4, 0.5) is 5.69 Å². The zero-order chi connectivity index (χ0) is 10.1. The number of para-hydroxylation sites is 1. The second-order valence-electron chi connectivity index (χ2n) is 4.01. The second kappa shape index (κ2) is 3.46. The lowest BCUT2D eigenvalue weighted by Gasteiger charge is -2.14. The average molecular weight is 198 g/mol. The first-order valence-corrected chi connectivity index (χ1v) is 5.43. The first kappa shape index (κ1) is 8.60. The molecule has 76 valence electrons. The molecular formula is C13H14N2. The van der Waals surface area contributed by atoms with E-state index in [0.717, 1.165) is 12.8 Å². The molecule has 0 bridgehead atoms. The highest BCUT2D eigenvalue weighted by Crippen LogP contribution is 2.27. The summed E-state index contributed by atoms with van der Waals surface area (Å²) in [6.07, 6.45) is 7.95. The van der Waals surface area contributed by atoms with Crippen molar-refractivity contribution in [1.29, 1.82) is 0 Å². The molecule has 0 atom stereocenters. The third kappa shape index (κ3) is 1.52. The van der Waals surface area contributed by atoms with E-state index in [1.807, 2.05) is 0 Å². The molecule has 15 heavy (non-hydrogen) atoms. The van der Waals surface area contributed by atoms with Crippen LogP contribution in [-0.2, 0) is 6.42 Å².